The topological polar surface area (TPSA) is 17.1 Å². The molecule has 2 rings (SSSR count). The van der Waals surface area contributed by atoms with Crippen molar-refractivity contribution in [1.29, 1.82) is 0 Å². The van der Waals surface area contributed by atoms with Crippen molar-refractivity contribution in [2.45, 2.75) is 50.0 Å². The van der Waals surface area contributed by atoms with Crippen LogP contribution in [0, 0.1) is 5.92 Å². The number of carbonyl (C=O) groups is 1. The molecule has 14 heavy (non-hydrogen) atoms. The van der Waals surface area contributed by atoms with E-state index in [1.54, 1.807) is 0 Å². The van der Waals surface area contributed by atoms with Gasteiger partial charge in [-0.3, -0.25) is 4.79 Å². The number of ketones is 1. The van der Waals surface area contributed by atoms with Crippen LogP contribution in [0.4, 0.5) is 0 Å². The van der Waals surface area contributed by atoms with Crippen LogP contribution in [0.25, 0.3) is 0 Å². The summed E-state index contributed by atoms with van der Waals surface area (Å²) in [5.74, 6) is 0.714. The second-order valence-corrected chi connectivity index (χ2v) is 6.36. The molecule has 2 unspecified atom stereocenters. The summed E-state index contributed by atoms with van der Waals surface area (Å²) in [6.07, 6.45) is 6.77. The lowest BCUT2D eigenvalue weighted by molar-refractivity contribution is -0.118. The van der Waals surface area contributed by atoms with Crippen molar-refractivity contribution < 1.29 is 4.79 Å². The largest absolute Gasteiger partial charge is 0.295 e. The third-order valence-corrected chi connectivity index (χ3v) is 4.75. The van der Waals surface area contributed by atoms with E-state index >= 15 is 0 Å². The molecule has 2 heteroatoms. The van der Waals surface area contributed by atoms with Gasteiger partial charge in [-0.15, -0.1) is 0 Å². The van der Waals surface area contributed by atoms with Gasteiger partial charge in [0, 0.05) is 16.4 Å². The van der Waals surface area contributed by atoms with Crippen molar-refractivity contribution in [2.24, 2.45) is 5.92 Å². The Morgan fingerprint density at radius 3 is 2.29 bits per heavy atom. The second kappa shape index (κ2) is 4.09. The summed E-state index contributed by atoms with van der Waals surface area (Å²) in [6.45, 7) is 4.01. The van der Waals surface area contributed by atoms with Gasteiger partial charge >= 0.3 is 0 Å². The first-order chi connectivity index (χ1) is 6.65. The molecule has 2 saturated heterocycles. The van der Waals surface area contributed by atoms with Crippen LogP contribution in [-0.4, -0.2) is 16.3 Å². The summed E-state index contributed by atoms with van der Waals surface area (Å²) in [4.78, 5) is 11.8. The van der Waals surface area contributed by atoms with Crippen molar-refractivity contribution in [3.05, 3.63) is 11.6 Å². The molecule has 0 saturated carbocycles. The normalized spacial score (nSPS) is 35.4. The van der Waals surface area contributed by atoms with E-state index in [0.717, 1.165) is 28.9 Å². The third-order valence-electron chi connectivity index (χ3n) is 3.12. The van der Waals surface area contributed by atoms with Gasteiger partial charge in [-0.05, 0) is 45.6 Å². The van der Waals surface area contributed by atoms with E-state index in [4.69, 9.17) is 0 Å². The summed E-state index contributed by atoms with van der Waals surface area (Å²) in [5.41, 5.74) is 1.14. The van der Waals surface area contributed by atoms with Gasteiger partial charge in [-0.2, -0.15) is 11.8 Å². The fourth-order valence-electron chi connectivity index (χ4n) is 2.49. The Hall–Kier alpha value is -0.240. The molecule has 0 radical (unpaired) electrons. The maximum absolute atomic E-state index is 11.8. The molecule has 2 aliphatic heterocycles. The zero-order valence-electron chi connectivity index (χ0n) is 8.95. The quantitative estimate of drug-likeness (QED) is 0.651. The standard InChI is InChI=1S/C12H18OS/c1-8(2)5-12(13)9-6-10-3-4-11(7-9)14-10/h5,9-11H,3-4,6-7H2,1-2H3. The number of carbonyl (C=O) groups excluding carboxylic acids is 1. The first kappa shape index (κ1) is 10.3. The minimum atomic E-state index is 0.337. The van der Waals surface area contributed by atoms with E-state index < -0.39 is 0 Å². The molecule has 0 aromatic heterocycles. The van der Waals surface area contributed by atoms with Gasteiger partial charge in [0.25, 0.3) is 0 Å². The SMILES string of the molecule is CC(C)=CC(=O)C1CC2CCC(C1)S2. The third kappa shape index (κ3) is 2.22. The monoisotopic (exact) mass is 210 g/mol. The molecule has 2 heterocycles. The number of fused-ring (bicyclic) bond motifs is 2. The maximum atomic E-state index is 11.8. The van der Waals surface area contributed by atoms with Gasteiger partial charge in [0.1, 0.15) is 0 Å². The number of allylic oxidation sites excluding steroid dienone is 2. The second-order valence-electron chi connectivity index (χ2n) is 4.75. The molecule has 2 aliphatic rings. The van der Waals surface area contributed by atoms with Crippen LogP contribution in [0.5, 0.6) is 0 Å². The molecule has 0 aromatic carbocycles. The van der Waals surface area contributed by atoms with E-state index in [2.05, 4.69) is 11.8 Å². The van der Waals surface area contributed by atoms with Gasteiger partial charge in [0.2, 0.25) is 0 Å². The average molecular weight is 210 g/mol. The lowest BCUT2D eigenvalue weighted by atomic mass is 9.93. The van der Waals surface area contributed by atoms with Crippen LogP contribution in [0.3, 0.4) is 0 Å². The van der Waals surface area contributed by atoms with E-state index in [-0.39, 0.29) is 0 Å². The molecule has 1 nitrogen and oxygen atoms in total. The lowest BCUT2D eigenvalue weighted by Crippen LogP contribution is -2.23. The zero-order valence-corrected chi connectivity index (χ0v) is 9.77. The van der Waals surface area contributed by atoms with Crippen molar-refractivity contribution in [2.75, 3.05) is 0 Å². The Balaban J connectivity index is 1.99. The summed E-state index contributed by atoms with van der Waals surface area (Å²) >= 11 is 2.12. The summed E-state index contributed by atoms with van der Waals surface area (Å²) in [7, 11) is 0. The summed E-state index contributed by atoms with van der Waals surface area (Å²) in [5, 5.41) is 1.57. The van der Waals surface area contributed by atoms with Crippen molar-refractivity contribution in [3.8, 4) is 0 Å². The van der Waals surface area contributed by atoms with Crippen molar-refractivity contribution in [3.63, 3.8) is 0 Å². The first-order valence-electron chi connectivity index (χ1n) is 5.49. The van der Waals surface area contributed by atoms with Crippen LogP contribution >= 0.6 is 11.8 Å². The highest BCUT2D eigenvalue weighted by Crippen LogP contribution is 2.46. The fraction of sp³-hybridized carbons (Fsp3) is 0.750. The molecule has 0 N–H and O–H groups in total. The molecule has 2 fully saturated rings. The zero-order chi connectivity index (χ0) is 10.1. The van der Waals surface area contributed by atoms with Gasteiger partial charge in [0.15, 0.2) is 5.78 Å². The van der Waals surface area contributed by atoms with Crippen LogP contribution < -0.4 is 0 Å². The first-order valence-corrected chi connectivity index (χ1v) is 6.43. The van der Waals surface area contributed by atoms with Crippen molar-refractivity contribution >= 4 is 17.5 Å². The van der Waals surface area contributed by atoms with Gasteiger partial charge < -0.3 is 0 Å². The molecule has 0 aromatic rings. The molecular weight excluding hydrogens is 192 g/mol. The van der Waals surface area contributed by atoms with Crippen molar-refractivity contribution in [1.82, 2.24) is 0 Å². The number of hydrogen-bond acceptors (Lipinski definition) is 2. The highest BCUT2D eigenvalue weighted by atomic mass is 32.2. The van der Waals surface area contributed by atoms with E-state index in [9.17, 15) is 4.79 Å². The van der Waals surface area contributed by atoms with E-state index in [0.29, 0.717) is 11.7 Å². The summed E-state index contributed by atoms with van der Waals surface area (Å²) in [6, 6.07) is 0. The Morgan fingerprint density at radius 2 is 1.79 bits per heavy atom. The Labute approximate surface area is 90.3 Å². The molecule has 78 valence electrons. The lowest BCUT2D eigenvalue weighted by Gasteiger charge is -2.25. The number of rotatable bonds is 2. The van der Waals surface area contributed by atoms with Crippen LogP contribution in [0.15, 0.2) is 11.6 Å². The molecule has 0 aliphatic carbocycles. The predicted octanol–water partition coefficient (Wildman–Crippen LogP) is 3.20. The number of thioether (sulfide) groups is 1. The maximum Gasteiger partial charge on any atom is 0.158 e. The van der Waals surface area contributed by atoms with Crippen LogP contribution in [0.1, 0.15) is 39.5 Å². The Morgan fingerprint density at radius 1 is 1.21 bits per heavy atom. The van der Waals surface area contributed by atoms with Crippen LogP contribution in [-0.2, 0) is 4.79 Å². The van der Waals surface area contributed by atoms with Gasteiger partial charge in [-0.25, -0.2) is 0 Å². The predicted molar refractivity (Wildman–Crippen MR) is 61.6 cm³/mol. The molecule has 0 spiro atoms. The van der Waals surface area contributed by atoms with Gasteiger partial charge in [-0.1, -0.05) is 5.57 Å². The highest BCUT2D eigenvalue weighted by molar-refractivity contribution is 8.00. The number of hydrogen-bond donors (Lipinski definition) is 0. The van der Waals surface area contributed by atoms with Crippen LogP contribution in [0.2, 0.25) is 0 Å². The van der Waals surface area contributed by atoms with E-state index in [1.165, 1.54) is 12.8 Å². The molecule has 2 bridgehead atoms. The smallest absolute Gasteiger partial charge is 0.158 e. The Kier molecular flexibility index (Phi) is 3.01. The molecule has 2 atom stereocenters. The summed E-state index contributed by atoms with van der Waals surface area (Å²) < 4.78 is 0. The van der Waals surface area contributed by atoms with Gasteiger partial charge in [0.05, 0.1) is 0 Å². The minimum absolute atomic E-state index is 0.337. The molecular formula is C12H18OS. The minimum Gasteiger partial charge on any atom is -0.295 e. The Bertz CT molecular complexity index is 253. The fourth-order valence-corrected chi connectivity index (χ4v) is 4.27. The van der Waals surface area contributed by atoms with E-state index in [1.807, 2.05) is 19.9 Å². The molecule has 0 amide bonds. The average Bonchev–Trinajstić information content (AvgIpc) is 2.44. The highest BCUT2D eigenvalue weighted by Gasteiger charge is 2.36.